The van der Waals surface area contributed by atoms with Crippen LogP contribution in [0, 0.1) is 6.92 Å². The van der Waals surface area contributed by atoms with Crippen molar-refractivity contribution >= 4 is 39.1 Å². The van der Waals surface area contributed by atoms with Gasteiger partial charge in [0.1, 0.15) is 4.83 Å². The molecule has 1 aliphatic heterocycles. The minimum absolute atomic E-state index is 0.123. The zero-order chi connectivity index (χ0) is 18.3. The third-order valence-electron chi connectivity index (χ3n) is 4.83. The van der Waals surface area contributed by atoms with E-state index in [9.17, 15) is 4.79 Å². The zero-order valence-corrected chi connectivity index (χ0v) is 16.4. The molecule has 136 valence electrons. The second kappa shape index (κ2) is 7.02. The van der Waals surface area contributed by atoms with Crippen LogP contribution in [-0.2, 0) is 6.54 Å². The Morgan fingerprint density at radius 3 is 2.88 bits per heavy atom. The molecule has 0 saturated carbocycles. The van der Waals surface area contributed by atoms with Crippen LogP contribution in [0.15, 0.2) is 30.3 Å². The molecule has 0 bridgehead atoms. The van der Waals surface area contributed by atoms with Crippen molar-refractivity contribution < 1.29 is 4.79 Å². The standard InChI is InChI=1S/C19H21ClN4OS/c1-12-10-21-7-8-23(12)18(25)17-9-16-13(2)22-24(19(16)26-17)11-14-3-5-15(20)6-4-14/h3-6,9,12,21H,7-8,10-11H2,1-2H3/t12-/m1/s1. The molecular weight excluding hydrogens is 368 g/mol. The lowest BCUT2D eigenvalue weighted by molar-refractivity contribution is 0.0661. The molecule has 0 unspecified atom stereocenters. The Bertz CT molecular complexity index is 947. The van der Waals surface area contributed by atoms with Crippen LogP contribution in [0.2, 0.25) is 5.02 Å². The summed E-state index contributed by atoms with van der Waals surface area (Å²) >= 11 is 7.50. The van der Waals surface area contributed by atoms with Crippen LogP contribution in [0.5, 0.6) is 0 Å². The summed E-state index contributed by atoms with van der Waals surface area (Å²) in [5, 5.41) is 9.77. The quantitative estimate of drug-likeness (QED) is 0.746. The summed E-state index contributed by atoms with van der Waals surface area (Å²) < 4.78 is 1.98. The molecule has 5 nitrogen and oxygen atoms in total. The Kier molecular flexibility index (Phi) is 4.73. The van der Waals surface area contributed by atoms with Crippen molar-refractivity contribution in [3.05, 3.63) is 51.5 Å². The van der Waals surface area contributed by atoms with E-state index in [2.05, 4.69) is 17.3 Å². The van der Waals surface area contributed by atoms with Gasteiger partial charge in [0.05, 0.1) is 17.1 Å². The van der Waals surface area contributed by atoms with E-state index >= 15 is 0 Å². The number of thiophene rings is 1. The third-order valence-corrected chi connectivity index (χ3v) is 6.21. The molecule has 1 amide bonds. The molecule has 1 atom stereocenters. The minimum atomic E-state index is 0.123. The molecule has 1 N–H and O–H groups in total. The van der Waals surface area contributed by atoms with Gasteiger partial charge in [0.2, 0.25) is 0 Å². The van der Waals surface area contributed by atoms with E-state index in [1.165, 1.54) is 11.3 Å². The number of carbonyl (C=O) groups excluding carboxylic acids is 1. The second-order valence-electron chi connectivity index (χ2n) is 6.75. The summed E-state index contributed by atoms with van der Waals surface area (Å²) in [6.07, 6.45) is 0. The molecule has 4 rings (SSSR count). The van der Waals surface area contributed by atoms with E-state index in [0.717, 1.165) is 51.0 Å². The highest BCUT2D eigenvalue weighted by molar-refractivity contribution is 7.20. The van der Waals surface area contributed by atoms with Crippen LogP contribution < -0.4 is 5.32 Å². The highest BCUT2D eigenvalue weighted by atomic mass is 35.5. The Morgan fingerprint density at radius 1 is 1.38 bits per heavy atom. The van der Waals surface area contributed by atoms with E-state index in [-0.39, 0.29) is 11.9 Å². The predicted molar refractivity (Wildman–Crippen MR) is 106 cm³/mol. The average molecular weight is 389 g/mol. The van der Waals surface area contributed by atoms with Gasteiger partial charge in [-0.25, -0.2) is 0 Å². The monoisotopic (exact) mass is 388 g/mol. The first kappa shape index (κ1) is 17.5. The van der Waals surface area contributed by atoms with E-state index in [4.69, 9.17) is 11.6 Å². The Labute approximate surface area is 161 Å². The maximum atomic E-state index is 13.0. The van der Waals surface area contributed by atoms with Gasteiger partial charge in [-0.3, -0.25) is 9.48 Å². The first-order valence-corrected chi connectivity index (χ1v) is 9.95. The summed E-state index contributed by atoms with van der Waals surface area (Å²) in [7, 11) is 0. The predicted octanol–water partition coefficient (Wildman–Crippen LogP) is 3.54. The number of aryl methyl sites for hydroxylation is 1. The topological polar surface area (TPSA) is 50.2 Å². The Hall–Kier alpha value is -1.89. The van der Waals surface area contributed by atoms with Gasteiger partial charge >= 0.3 is 0 Å². The van der Waals surface area contributed by atoms with Gasteiger partial charge in [0, 0.05) is 36.1 Å². The van der Waals surface area contributed by atoms with Crippen LogP contribution in [0.3, 0.4) is 0 Å². The molecule has 1 aliphatic rings. The number of hydrogen-bond acceptors (Lipinski definition) is 4. The van der Waals surface area contributed by atoms with Gasteiger partial charge in [0.15, 0.2) is 0 Å². The third kappa shape index (κ3) is 3.24. The fourth-order valence-electron chi connectivity index (χ4n) is 3.37. The normalized spacial score (nSPS) is 17.8. The molecule has 26 heavy (non-hydrogen) atoms. The van der Waals surface area contributed by atoms with Crippen molar-refractivity contribution in [3.8, 4) is 0 Å². The lowest BCUT2D eigenvalue weighted by Gasteiger charge is -2.33. The molecule has 1 saturated heterocycles. The van der Waals surface area contributed by atoms with Gasteiger partial charge in [0.25, 0.3) is 5.91 Å². The summed E-state index contributed by atoms with van der Waals surface area (Å²) in [4.78, 5) is 16.8. The van der Waals surface area contributed by atoms with Crippen molar-refractivity contribution in [2.75, 3.05) is 19.6 Å². The number of nitrogens with zero attached hydrogens (tertiary/aromatic N) is 3. The van der Waals surface area contributed by atoms with Gasteiger partial charge in [-0.15, -0.1) is 11.3 Å². The molecule has 1 fully saturated rings. The van der Waals surface area contributed by atoms with Crippen LogP contribution in [0.4, 0.5) is 0 Å². The van der Waals surface area contributed by atoms with Crippen LogP contribution in [0.1, 0.15) is 27.9 Å². The Balaban J connectivity index is 1.64. The maximum absolute atomic E-state index is 13.0. The molecule has 0 spiro atoms. The van der Waals surface area contributed by atoms with Gasteiger partial charge in [-0.1, -0.05) is 23.7 Å². The van der Waals surface area contributed by atoms with Crippen LogP contribution in [-0.4, -0.2) is 46.3 Å². The van der Waals surface area contributed by atoms with Crippen molar-refractivity contribution in [2.45, 2.75) is 26.4 Å². The number of nitrogens with one attached hydrogen (secondary N) is 1. The van der Waals surface area contributed by atoms with Gasteiger partial charge in [-0.2, -0.15) is 5.10 Å². The maximum Gasteiger partial charge on any atom is 0.264 e. The summed E-state index contributed by atoms with van der Waals surface area (Å²) in [5.41, 5.74) is 2.09. The number of carbonyl (C=O) groups is 1. The lowest BCUT2D eigenvalue weighted by Crippen LogP contribution is -2.52. The van der Waals surface area contributed by atoms with E-state index in [0.29, 0.717) is 6.54 Å². The first-order valence-electron chi connectivity index (χ1n) is 8.76. The molecule has 2 aromatic heterocycles. The number of benzene rings is 1. The number of aromatic nitrogens is 2. The summed E-state index contributed by atoms with van der Waals surface area (Å²) in [5.74, 6) is 0.123. The van der Waals surface area contributed by atoms with Crippen molar-refractivity contribution in [1.82, 2.24) is 20.0 Å². The van der Waals surface area contributed by atoms with Crippen LogP contribution >= 0.6 is 22.9 Å². The minimum Gasteiger partial charge on any atom is -0.333 e. The molecule has 0 aliphatic carbocycles. The second-order valence-corrected chi connectivity index (χ2v) is 8.22. The zero-order valence-electron chi connectivity index (χ0n) is 14.8. The SMILES string of the molecule is Cc1nn(Cc2ccc(Cl)cc2)c2sc(C(=O)N3CCNC[C@H]3C)cc12. The largest absolute Gasteiger partial charge is 0.333 e. The Morgan fingerprint density at radius 2 is 2.15 bits per heavy atom. The fourth-order valence-corrected chi connectivity index (χ4v) is 4.62. The molecule has 3 aromatic rings. The smallest absolute Gasteiger partial charge is 0.264 e. The average Bonchev–Trinajstić information content (AvgIpc) is 3.19. The number of amides is 1. The molecule has 3 heterocycles. The summed E-state index contributed by atoms with van der Waals surface area (Å²) in [6, 6.07) is 10.0. The highest BCUT2D eigenvalue weighted by Crippen LogP contribution is 2.30. The van der Waals surface area contributed by atoms with Crippen molar-refractivity contribution in [2.24, 2.45) is 0 Å². The first-order chi connectivity index (χ1) is 12.5. The lowest BCUT2D eigenvalue weighted by atomic mass is 10.2. The fraction of sp³-hybridized carbons (Fsp3) is 0.368. The van der Waals surface area contributed by atoms with E-state index in [1.54, 1.807) is 0 Å². The van der Waals surface area contributed by atoms with Crippen LogP contribution in [0.25, 0.3) is 10.2 Å². The summed E-state index contributed by atoms with van der Waals surface area (Å²) in [6.45, 7) is 7.20. The number of rotatable bonds is 3. The van der Waals surface area contributed by atoms with Gasteiger partial charge in [-0.05, 0) is 37.6 Å². The number of halogens is 1. The number of fused-ring (bicyclic) bond motifs is 1. The number of piperazine rings is 1. The van der Waals surface area contributed by atoms with Gasteiger partial charge < -0.3 is 10.2 Å². The van der Waals surface area contributed by atoms with Crippen molar-refractivity contribution in [3.63, 3.8) is 0 Å². The van der Waals surface area contributed by atoms with E-state index < -0.39 is 0 Å². The molecule has 0 radical (unpaired) electrons. The number of hydrogen-bond donors (Lipinski definition) is 1. The molecule has 7 heteroatoms. The van der Waals surface area contributed by atoms with E-state index in [1.807, 2.05) is 46.8 Å². The molecule has 1 aromatic carbocycles. The van der Waals surface area contributed by atoms with Crippen molar-refractivity contribution in [1.29, 1.82) is 0 Å². The highest BCUT2D eigenvalue weighted by Gasteiger charge is 2.26. The molecular formula is C19H21ClN4OS.